The molecule has 102 valence electrons. The summed E-state index contributed by atoms with van der Waals surface area (Å²) in [4.78, 5) is 14.1. The maximum Gasteiger partial charge on any atom is 0.234 e. The second kappa shape index (κ2) is 7.67. The predicted molar refractivity (Wildman–Crippen MR) is 72.9 cm³/mol. The topological polar surface area (TPSA) is 58.4 Å². The largest absolute Gasteiger partial charge is 0.350 e. The molecule has 3 N–H and O–H groups in total. The Labute approximate surface area is 106 Å². The van der Waals surface area contributed by atoms with Crippen molar-refractivity contribution in [1.82, 2.24) is 10.2 Å². The Balaban J connectivity index is 4.38. The van der Waals surface area contributed by atoms with Crippen molar-refractivity contribution in [3.63, 3.8) is 0 Å². The fraction of sp³-hybridized carbons (Fsp3) is 0.923. The number of carbonyl (C=O) groups is 1. The van der Waals surface area contributed by atoms with E-state index in [4.69, 9.17) is 5.73 Å². The summed E-state index contributed by atoms with van der Waals surface area (Å²) in [7, 11) is 0. The molecule has 0 aliphatic carbocycles. The van der Waals surface area contributed by atoms with Gasteiger partial charge >= 0.3 is 0 Å². The van der Waals surface area contributed by atoms with Crippen LogP contribution in [-0.2, 0) is 4.79 Å². The van der Waals surface area contributed by atoms with E-state index in [0.717, 1.165) is 19.4 Å². The Bertz CT molecular complexity index is 219. The van der Waals surface area contributed by atoms with Crippen molar-refractivity contribution in [3.8, 4) is 0 Å². The van der Waals surface area contributed by atoms with Gasteiger partial charge in [0, 0.05) is 24.7 Å². The van der Waals surface area contributed by atoms with Crippen molar-refractivity contribution in [2.45, 2.75) is 59.0 Å². The highest BCUT2D eigenvalue weighted by atomic mass is 16.2. The van der Waals surface area contributed by atoms with Crippen LogP contribution in [0.15, 0.2) is 0 Å². The van der Waals surface area contributed by atoms with Crippen LogP contribution in [0.4, 0.5) is 0 Å². The number of rotatable bonds is 7. The summed E-state index contributed by atoms with van der Waals surface area (Å²) >= 11 is 0. The first-order chi connectivity index (χ1) is 7.84. The van der Waals surface area contributed by atoms with Gasteiger partial charge in [-0.2, -0.15) is 0 Å². The van der Waals surface area contributed by atoms with Crippen LogP contribution in [0.5, 0.6) is 0 Å². The van der Waals surface area contributed by atoms with Gasteiger partial charge in [0.05, 0.1) is 6.54 Å². The van der Waals surface area contributed by atoms with Crippen molar-refractivity contribution in [3.05, 3.63) is 0 Å². The van der Waals surface area contributed by atoms with Crippen LogP contribution in [0.3, 0.4) is 0 Å². The summed E-state index contributed by atoms with van der Waals surface area (Å²) in [5.41, 5.74) is 5.44. The minimum Gasteiger partial charge on any atom is -0.350 e. The van der Waals surface area contributed by atoms with Crippen molar-refractivity contribution >= 4 is 5.91 Å². The van der Waals surface area contributed by atoms with Crippen LogP contribution in [0.1, 0.15) is 47.5 Å². The second-order valence-corrected chi connectivity index (χ2v) is 5.53. The maximum absolute atomic E-state index is 11.9. The number of hydrogen-bond acceptors (Lipinski definition) is 3. The lowest BCUT2D eigenvalue weighted by molar-refractivity contribution is -0.124. The van der Waals surface area contributed by atoms with E-state index in [1.807, 2.05) is 20.8 Å². The summed E-state index contributed by atoms with van der Waals surface area (Å²) in [6, 6.07) is 0.448. The first kappa shape index (κ1) is 16.4. The monoisotopic (exact) mass is 243 g/mol. The molecule has 0 atom stereocenters. The molecule has 4 nitrogen and oxygen atoms in total. The molecule has 0 aromatic rings. The van der Waals surface area contributed by atoms with Gasteiger partial charge in [0.1, 0.15) is 0 Å². The van der Waals surface area contributed by atoms with Gasteiger partial charge in [0.15, 0.2) is 0 Å². The Hall–Kier alpha value is -0.610. The average molecular weight is 243 g/mol. The van der Waals surface area contributed by atoms with E-state index in [9.17, 15) is 4.79 Å². The van der Waals surface area contributed by atoms with E-state index in [0.29, 0.717) is 19.1 Å². The zero-order valence-corrected chi connectivity index (χ0v) is 12.0. The van der Waals surface area contributed by atoms with E-state index in [2.05, 4.69) is 24.1 Å². The van der Waals surface area contributed by atoms with Crippen LogP contribution in [-0.4, -0.2) is 42.0 Å². The van der Waals surface area contributed by atoms with Crippen LogP contribution in [0.2, 0.25) is 0 Å². The Morgan fingerprint density at radius 2 is 1.82 bits per heavy atom. The van der Waals surface area contributed by atoms with Crippen molar-refractivity contribution < 1.29 is 4.79 Å². The Kier molecular flexibility index (Phi) is 7.39. The summed E-state index contributed by atoms with van der Waals surface area (Å²) in [5, 5.41) is 2.99. The Morgan fingerprint density at radius 3 is 2.18 bits per heavy atom. The Morgan fingerprint density at radius 1 is 1.29 bits per heavy atom. The van der Waals surface area contributed by atoms with Gasteiger partial charge in [-0.3, -0.25) is 9.69 Å². The van der Waals surface area contributed by atoms with Crippen LogP contribution in [0.25, 0.3) is 0 Å². The second-order valence-electron chi connectivity index (χ2n) is 5.53. The fourth-order valence-electron chi connectivity index (χ4n) is 2.00. The molecular formula is C13H29N3O. The third-order valence-corrected chi connectivity index (χ3v) is 2.74. The van der Waals surface area contributed by atoms with Crippen molar-refractivity contribution in [1.29, 1.82) is 0 Å². The smallest absolute Gasteiger partial charge is 0.234 e. The zero-order valence-electron chi connectivity index (χ0n) is 12.0. The molecule has 0 unspecified atom stereocenters. The number of hydrogen-bond donors (Lipinski definition) is 2. The minimum absolute atomic E-state index is 0.0813. The van der Waals surface area contributed by atoms with Gasteiger partial charge in [-0.05, 0) is 33.6 Å². The van der Waals surface area contributed by atoms with Gasteiger partial charge in [0.2, 0.25) is 5.91 Å². The fourth-order valence-corrected chi connectivity index (χ4v) is 2.00. The highest BCUT2D eigenvalue weighted by molar-refractivity contribution is 5.78. The van der Waals surface area contributed by atoms with E-state index in [1.165, 1.54) is 0 Å². The molecule has 0 bridgehead atoms. The molecule has 0 aliphatic rings. The molecule has 0 saturated heterocycles. The summed E-state index contributed by atoms with van der Waals surface area (Å²) in [6.07, 6.45) is 2.11. The summed E-state index contributed by atoms with van der Waals surface area (Å²) < 4.78 is 0. The summed E-state index contributed by atoms with van der Waals surface area (Å²) in [6.45, 7) is 12.1. The highest BCUT2D eigenvalue weighted by Crippen LogP contribution is 2.08. The van der Waals surface area contributed by atoms with Crippen molar-refractivity contribution in [2.24, 2.45) is 5.73 Å². The predicted octanol–water partition coefficient (Wildman–Crippen LogP) is 1.35. The van der Waals surface area contributed by atoms with Gasteiger partial charge in [-0.25, -0.2) is 0 Å². The third kappa shape index (κ3) is 7.34. The molecule has 0 heterocycles. The lowest BCUT2D eigenvalue weighted by Gasteiger charge is -2.31. The molecule has 0 fully saturated rings. The normalized spacial score (nSPS) is 12.2. The van der Waals surface area contributed by atoms with Gasteiger partial charge in [-0.15, -0.1) is 0 Å². The first-order valence-electron chi connectivity index (χ1n) is 6.59. The number of carbonyl (C=O) groups excluding carboxylic acids is 1. The standard InChI is InChI=1S/C13H29N3O/c1-6-11(7-2)16(9-8-14)10-12(17)15-13(3,4)5/h11H,6-10,14H2,1-5H3,(H,15,17). The maximum atomic E-state index is 11.9. The highest BCUT2D eigenvalue weighted by Gasteiger charge is 2.20. The van der Waals surface area contributed by atoms with Gasteiger partial charge in [0.25, 0.3) is 0 Å². The quantitative estimate of drug-likeness (QED) is 0.709. The summed E-state index contributed by atoms with van der Waals surface area (Å²) in [5.74, 6) is 0.0813. The molecule has 17 heavy (non-hydrogen) atoms. The van der Waals surface area contributed by atoms with E-state index < -0.39 is 0 Å². The lowest BCUT2D eigenvalue weighted by Crippen LogP contribution is -2.49. The molecule has 4 heteroatoms. The first-order valence-corrected chi connectivity index (χ1v) is 6.59. The molecule has 0 aromatic carbocycles. The van der Waals surface area contributed by atoms with Crippen LogP contribution < -0.4 is 11.1 Å². The molecule has 0 aromatic heterocycles. The minimum atomic E-state index is -0.167. The molecule has 0 rings (SSSR count). The molecule has 0 radical (unpaired) electrons. The molecule has 0 aliphatic heterocycles. The van der Waals surface area contributed by atoms with Gasteiger partial charge in [-0.1, -0.05) is 13.8 Å². The van der Waals surface area contributed by atoms with Crippen LogP contribution >= 0.6 is 0 Å². The van der Waals surface area contributed by atoms with Crippen molar-refractivity contribution in [2.75, 3.05) is 19.6 Å². The molecule has 0 saturated carbocycles. The number of nitrogens with two attached hydrogens (primary N) is 1. The molecule has 1 amide bonds. The number of nitrogens with one attached hydrogen (secondary N) is 1. The SMILES string of the molecule is CCC(CC)N(CCN)CC(=O)NC(C)(C)C. The average Bonchev–Trinajstić information content (AvgIpc) is 2.16. The zero-order chi connectivity index (χ0) is 13.5. The number of nitrogens with zero attached hydrogens (tertiary/aromatic N) is 1. The number of amides is 1. The van der Waals surface area contributed by atoms with Crippen LogP contribution in [0, 0.1) is 0 Å². The third-order valence-electron chi connectivity index (χ3n) is 2.74. The van der Waals surface area contributed by atoms with E-state index in [-0.39, 0.29) is 11.4 Å². The molecule has 0 spiro atoms. The van der Waals surface area contributed by atoms with E-state index in [1.54, 1.807) is 0 Å². The molecular weight excluding hydrogens is 214 g/mol. The van der Waals surface area contributed by atoms with Gasteiger partial charge < -0.3 is 11.1 Å². The lowest BCUT2D eigenvalue weighted by atomic mass is 10.1. The van der Waals surface area contributed by atoms with E-state index >= 15 is 0 Å².